The van der Waals surface area contributed by atoms with E-state index < -0.39 is 5.41 Å². The van der Waals surface area contributed by atoms with Crippen molar-refractivity contribution in [3.05, 3.63) is 234 Å². The van der Waals surface area contributed by atoms with Crippen LogP contribution in [-0.2, 0) is 10.8 Å². The third kappa shape index (κ3) is 4.82. The zero-order chi connectivity index (χ0) is 39.3. The summed E-state index contributed by atoms with van der Waals surface area (Å²) in [6, 6.07) is 72.4. The largest absolute Gasteiger partial charge is 0.457 e. The lowest BCUT2D eigenvalue weighted by Crippen LogP contribution is -2.43. The van der Waals surface area contributed by atoms with Gasteiger partial charge in [0.25, 0.3) is 0 Å². The molecule has 280 valence electrons. The predicted octanol–water partition coefficient (Wildman–Crippen LogP) is 15.0. The monoisotopic (exact) mass is 757 g/mol. The minimum Gasteiger partial charge on any atom is -0.457 e. The van der Waals surface area contributed by atoms with Gasteiger partial charge in [0.1, 0.15) is 22.7 Å². The minimum atomic E-state index is -0.669. The van der Waals surface area contributed by atoms with Gasteiger partial charge < -0.3 is 14.1 Å². The van der Waals surface area contributed by atoms with Gasteiger partial charge in [-0.05, 0) is 98.8 Å². The molecule has 2 heterocycles. The molecule has 0 bridgehead atoms. The van der Waals surface area contributed by atoms with Crippen LogP contribution in [-0.4, -0.2) is 0 Å². The van der Waals surface area contributed by atoms with Gasteiger partial charge in [-0.2, -0.15) is 0 Å². The average Bonchev–Trinajstić information content (AvgIpc) is 3.66. The number of hydrogen-bond donors (Lipinski definition) is 0. The Balaban J connectivity index is 1.14. The van der Waals surface area contributed by atoms with Gasteiger partial charge in [-0.1, -0.05) is 153 Å². The van der Waals surface area contributed by atoms with Gasteiger partial charge in [-0.25, -0.2) is 0 Å². The molecule has 10 aromatic rings. The maximum absolute atomic E-state index is 6.94. The first-order chi connectivity index (χ1) is 29.0. The maximum atomic E-state index is 6.94. The first-order valence-electron chi connectivity index (χ1n) is 20.4. The Morgan fingerprint density at radius 3 is 1.85 bits per heavy atom. The van der Waals surface area contributed by atoms with E-state index in [1.807, 2.05) is 12.1 Å². The van der Waals surface area contributed by atoms with Crippen molar-refractivity contribution < 1.29 is 9.15 Å². The zero-order valence-electron chi connectivity index (χ0n) is 32.8. The molecule has 0 fully saturated rings. The second kappa shape index (κ2) is 12.6. The lowest BCUT2D eigenvalue weighted by Gasteiger charge is -2.50. The highest BCUT2D eigenvalue weighted by Gasteiger charge is 2.53. The van der Waals surface area contributed by atoms with E-state index in [1.165, 1.54) is 44.2 Å². The third-order valence-electron chi connectivity index (χ3n) is 13.0. The Labute approximate surface area is 343 Å². The summed E-state index contributed by atoms with van der Waals surface area (Å²) in [5.74, 6) is 1.73. The smallest absolute Gasteiger partial charge is 0.137 e. The van der Waals surface area contributed by atoms with E-state index in [9.17, 15) is 0 Å². The Morgan fingerprint density at radius 1 is 0.390 bits per heavy atom. The second-order valence-corrected chi connectivity index (χ2v) is 16.4. The summed E-state index contributed by atoms with van der Waals surface area (Å²) in [5.41, 5.74) is 13.7. The van der Waals surface area contributed by atoms with Crippen LogP contribution >= 0.6 is 0 Å². The molecule has 1 atom stereocenters. The lowest BCUT2D eigenvalue weighted by atomic mass is 9.53. The van der Waals surface area contributed by atoms with Crippen LogP contribution in [0.5, 0.6) is 11.5 Å². The number of benzene rings is 9. The van der Waals surface area contributed by atoms with Crippen LogP contribution in [0.1, 0.15) is 47.2 Å². The van der Waals surface area contributed by atoms with Crippen LogP contribution in [0.15, 0.2) is 205 Å². The molecule has 0 saturated heterocycles. The predicted molar refractivity (Wildman–Crippen MR) is 242 cm³/mol. The molecule has 1 aliphatic carbocycles. The van der Waals surface area contributed by atoms with Crippen LogP contribution in [0.25, 0.3) is 43.8 Å². The molecule has 12 rings (SSSR count). The summed E-state index contributed by atoms with van der Waals surface area (Å²) in [4.78, 5) is 2.36. The molecule has 0 N–H and O–H groups in total. The topological polar surface area (TPSA) is 25.6 Å². The van der Waals surface area contributed by atoms with E-state index in [-0.39, 0.29) is 5.41 Å². The molecular weight excluding hydrogens is 719 g/mol. The Morgan fingerprint density at radius 2 is 1.00 bits per heavy atom. The number of anilines is 3. The number of hydrogen-bond acceptors (Lipinski definition) is 3. The summed E-state index contributed by atoms with van der Waals surface area (Å²) >= 11 is 0. The van der Waals surface area contributed by atoms with Crippen LogP contribution in [0.2, 0.25) is 0 Å². The van der Waals surface area contributed by atoms with Crippen molar-refractivity contribution in [3.8, 4) is 22.6 Å². The first kappa shape index (κ1) is 33.7. The average molecular weight is 758 g/mol. The Bertz CT molecular complexity index is 3290. The van der Waals surface area contributed by atoms with Crippen LogP contribution in [0.4, 0.5) is 17.1 Å². The van der Waals surface area contributed by atoms with Gasteiger partial charge in [0, 0.05) is 50.4 Å². The number of rotatable bonds is 4. The summed E-state index contributed by atoms with van der Waals surface area (Å²) in [6.45, 7) is 4.78. The quantitative estimate of drug-likeness (QED) is 0.179. The molecule has 1 aliphatic heterocycles. The molecule has 0 radical (unpaired) electrons. The van der Waals surface area contributed by atoms with Gasteiger partial charge in [0.2, 0.25) is 0 Å². The fourth-order valence-corrected chi connectivity index (χ4v) is 10.4. The fourth-order valence-electron chi connectivity index (χ4n) is 10.4. The summed E-state index contributed by atoms with van der Waals surface area (Å²) in [6.07, 6.45) is 0. The molecule has 3 nitrogen and oxygen atoms in total. The number of ether oxygens (including phenoxy) is 1. The van der Waals surface area contributed by atoms with Crippen molar-refractivity contribution in [2.24, 2.45) is 0 Å². The third-order valence-corrected chi connectivity index (χ3v) is 13.0. The molecule has 0 saturated carbocycles. The van der Waals surface area contributed by atoms with Crippen LogP contribution < -0.4 is 9.64 Å². The second-order valence-electron chi connectivity index (χ2n) is 16.4. The van der Waals surface area contributed by atoms with E-state index >= 15 is 0 Å². The van der Waals surface area contributed by atoms with Gasteiger partial charge in [0.15, 0.2) is 0 Å². The highest BCUT2D eigenvalue weighted by Crippen LogP contribution is 2.63. The number of fused-ring (bicyclic) bond motifs is 13. The normalized spacial score (nSPS) is 16.0. The van der Waals surface area contributed by atoms with E-state index in [0.29, 0.717) is 0 Å². The molecule has 1 spiro atoms. The standard InChI is InChI=1S/C56H39NO2/c1-55(2)45-19-9-10-20-46(45)56(48-32-26-38-16-6-7-17-42(38)54(48)55)47-21-11-13-23-51(47)59-52-33-30-40(34-49(52)56)57(39-27-24-37(25-28-39)36-14-4-3-5-15-36)41-29-31-44-43-18-8-12-22-50(43)58-53(44)35-41/h3-35H,1-2H3. The fraction of sp³-hybridized carbons (Fsp3) is 0.0714. The molecule has 59 heavy (non-hydrogen) atoms. The zero-order valence-corrected chi connectivity index (χ0v) is 32.8. The number of furan rings is 1. The van der Waals surface area contributed by atoms with Gasteiger partial charge in [-0.15, -0.1) is 0 Å². The Hall–Kier alpha value is -7.36. The molecule has 9 aromatic carbocycles. The molecular formula is C56H39NO2. The van der Waals surface area contributed by atoms with Crippen molar-refractivity contribution in [1.82, 2.24) is 0 Å². The van der Waals surface area contributed by atoms with Crippen molar-refractivity contribution in [2.45, 2.75) is 24.7 Å². The van der Waals surface area contributed by atoms with E-state index in [0.717, 1.165) is 61.6 Å². The van der Waals surface area contributed by atoms with E-state index in [1.54, 1.807) is 0 Å². The molecule has 0 amide bonds. The number of para-hydroxylation sites is 2. The molecule has 1 aromatic heterocycles. The van der Waals surface area contributed by atoms with Crippen LogP contribution in [0, 0.1) is 0 Å². The summed E-state index contributed by atoms with van der Waals surface area (Å²) < 4.78 is 13.4. The Kier molecular flexibility index (Phi) is 7.19. The molecule has 1 unspecified atom stereocenters. The van der Waals surface area contributed by atoms with Gasteiger partial charge >= 0.3 is 0 Å². The molecule has 2 aliphatic rings. The highest BCUT2D eigenvalue weighted by atomic mass is 16.5. The van der Waals surface area contributed by atoms with Crippen molar-refractivity contribution in [2.75, 3.05) is 4.90 Å². The SMILES string of the molecule is CC1(C)c2ccccc2C2(c3ccccc3Oc3ccc(N(c4ccc(-c5ccccc5)cc4)c4ccc5c(c4)oc4ccccc45)cc32)c2ccc3ccccc3c21. The van der Waals surface area contributed by atoms with E-state index in [2.05, 4.69) is 207 Å². The summed E-state index contributed by atoms with van der Waals surface area (Å²) in [7, 11) is 0. The highest BCUT2D eigenvalue weighted by molar-refractivity contribution is 6.06. The van der Waals surface area contributed by atoms with E-state index in [4.69, 9.17) is 9.15 Å². The van der Waals surface area contributed by atoms with Gasteiger partial charge in [-0.3, -0.25) is 0 Å². The molecule has 3 heteroatoms. The van der Waals surface area contributed by atoms with Crippen LogP contribution in [0.3, 0.4) is 0 Å². The number of nitrogens with zero attached hydrogens (tertiary/aromatic N) is 1. The maximum Gasteiger partial charge on any atom is 0.137 e. The van der Waals surface area contributed by atoms with Crippen molar-refractivity contribution in [1.29, 1.82) is 0 Å². The van der Waals surface area contributed by atoms with Gasteiger partial charge in [0.05, 0.1) is 5.41 Å². The van der Waals surface area contributed by atoms with Crippen molar-refractivity contribution >= 4 is 49.8 Å². The summed E-state index contributed by atoms with van der Waals surface area (Å²) in [5, 5.41) is 4.74. The van der Waals surface area contributed by atoms with Crippen molar-refractivity contribution in [3.63, 3.8) is 0 Å². The first-order valence-corrected chi connectivity index (χ1v) is 20.4. The lowest BCUT2D eigenvalue weighted by molar-refractivity contribution is 0.426. The minimum absolute atomic E-state index is 0.266.